The van der Waals surface area contributed by atoms with Crippen LogP contribution in [0.15, 0.2) is 22.7 Å². The van der Waals surface area contributed by atoms with Crippen LogP contribution in [0.3, 0.4) is 0 Å². The third kappa shape index (κ3) is 3.82. The number of rotatable bonds is 4. The van der Waals surface area contributed by atoms with Gasteiger partial charge in [0.1, 0.15) is 11.8 Å². The molecule has 1 aliphatic heterocycles. The van der Waals surface area contributed by atoms with Crippen molar-refractivity contribution in [3.8, 4) is 5.75 Å². The first-order chi connectivity index (χ1) is 12.0. The molecule has 0 aliphatic carbocycles. The molecule has 25 heavy (non-hydrogen) atoms. The maximum atomic E-state index is 12.7. The second kappa shape index (κ2) is 7.23. The van der Waals surface area contributed by atoms with E-state index in [-0.39, 0.29) is 11.9 Å². The van der Waals surface area contributed by atoms with E-state index in [1.807, 2.05) is 37.1 Å². The second-order valence-electron chi connectivity index (χ2n) is 6.50. The molecule has 1 atom stereocenters. The first kappa shape index (κ1) is 17.4. The molecule has 7 heteroatoms. The number of amides is 1. The van der Waals surface area contributed by atoms with Crippen molar-refractivity contribution in [3.63, 3.8) is 0 Å². The summed E-state index contributed by atoms with van der Waals surface area (Å²) < 4.78 is 10.7. The SMILES string of the molecule is COc1cc(CC(=O)N2CCN(C)C(c3nc(C)no3)C2)ccc1C. The number of benzene rings is 1. The van der Waals surface area contributed by atoms with Crippen LogP contribution in [0.4, 0.5) is 0 Å². The number of aromatic nitrogens is 2. The third-order valence-corrected chi connectivity index (χ3v) is 4.66. The highest BCUT2D eigenvalue weighted by Gasteiger charge is 2.31. The number of carbonyl (C=O) groups is 1. The molecule has 0 bridgehead atoms. The van der Waals surface area contributed by atoms with Crippen LogP contribution < -0.4 is 4.74 Å². The zero-order valence-corrected chi connectivity index (χ0v) is 15.2. The summed E-state index contributed by atoms with van der Waals surface area (Å²) in [5.74, 6) is 2.08. The molecule has 1 aromatic carbocycles. The highest BCUT2D eigenvalue weighted by molar-refractivity contribution is 5.79. The van der Waals surface area contributed by atoms with E-state index in [0.29, 0.717) is 31.2 Å². The van der Waals surface area contributed by atoms with Crippen LogP contribution in [0, 0.1) is 13.8 Å². The van der Waals surface area contributed by atoms with Gasteiger partial charge in [-0.15, -0.1) is 0 Å². The Kier molecular flexibility index (Phi) is 5.03. The van der Waals surface area contributed by atoms with E-state index < -0.39 is 0 Å². The number of hydrogen-bond acceptors (Lipinski definition) is 6. The largest absolute Gasteiger partial charge is 0.496 e. The van der Waals surface area contributed by atoms with E-state index in [4.69, 9.17) is 9.26 Å². The van der Waals surface area contributed by atoms with Crippen molar-refractivity contribution < 1.29 is 14.1 Å². The molecule has 3 rings (SSSR count). The number of piperazine rings is 1. The van der Waals surface area contributed by atoms with Gasteiger partial charge in [-0.25, -0.2) is 0 Å². The molecule has 1 aliphatic rings. The zero-order chi connectivity index (χ0) is 18.0. The van der Waals surface area contributed by atoms with Gasteiger partial charge in [0, 0.05) is 19.6 Å². The van der Waals surface area contributed by atoms with Crippen LogP contribution in [-0.2, 0) is 11.2 Å². The Balaban J connectivity index is 1.70. The smallest absolute Gasteiger partial charge is 0.245 e. The van der Waals surface area contributed by atoms with Gasteiger partial charge < -0.3 is 14.2 Å². The average molecular weight is 344 g/mol. The lowest BCUT2D eigenvalue weighted by atomic mass is 10.1. The van der Waals surface area contributed by atoms with E-state index >= 15 is 0 Å². The first-order valence-electron chi connectivity index (χ1n) is 8.39. The summed E-state index contributed by atoms with van der Waals surface area (Å²) >= 11 is 0. The van der Waals surface area contributed by atoms with E-state index in [1.54, 1.807) is 14.0 Å². The molecule has 1 saturated heterocycles. The van der Waals surface area contributed by atoms with E-state index in [1.165, 1.54) is 0 Å². The lowest BCUT2D eigenvalue weighted by Gasteiger charge is -2.37. The van der Waals surface area contributed by atoms with Crippen molar-refractivity contribution in [1.29, 1.82) is 0 Å². The summed E-state index contributed by atoms with van der Waals surface area (Å²) in [5.41, 5.74) is 2.02. The summed E-state index contributed by atoms with van der Waals surface area (Å²) in [7, 11) is 3.65. The Labute approximate surface area is 147 Å². The summed E-state index contributed by atoms with van der Waals surface area (Å²) in [4.78, 5) is 21.1. The Morgan fingerprint density at radius 2 is 2.16 bits per heavy atom. The number of likely N-dealkylation sites (N-methyl/N-ethyl adjacent to an activating group) is 1. The molecule has 1 unspecified atom stereocenters. The van der Waals surface area contributed by atoms with Gasteiger partial charge in [0.15, 0.2) is 5.82 Å². The second-order valence-corrected chi connectivity index (χ2v) is 6.50. The van der Waals surface area contributed by atoms with Crippen LogP contribution in [0.1, 0.15) is 28.9 Å². The maximum absolute atomic E-state index is 12.7. The van der Waals surface area contributed by atoms with Crippen molar-refractivity contribution in [2.75, 3.05) is 33.8 Å². The molecular formula is C18H24N4O3. The zero-order valence-electron chi connectivity index (χ0n) is 15.2. The highest BCUT2D eigenvalue weighted by atomic mass is 16.5. The van der Waals surface area contributed by atoms with Crippen molar-refractivity contribution in [3.05, 3.63) is 41.0 Å². The fourth-order valence-electron chi connectivity index (χ4n) is 3.08. The lowest BCUT2D eigenvalue weighted by Crippen LogP contribution is -2.49. The molecule has 1 amide bonds. The molecule has 1 fully saturated rings. The summed E-state index contributed by atoms with van der Waals surface area (Å²) in [6.07, 6.45) is 0.357. The van der Waals surface area contributed by atoms with Gasteiger partial charge in [-0.05, 0) is 38.1 Å². The highest BCUT2D eigenvalue weighted by Crippen LogP contribution is 2.24. The van der Waals surface area contributed by atoms with E-state index in [0.717, 1.165) is 23.4 Å². The van der Waals surface area contributed by atoms with Crippen molar-refractivity contribution in [2.45, 2.75) is 26.3 Å². The molecule has 0 N–H and O–H groups in total. The first-order valence-corrected chi connectivity index (χ1v) is 8.39. The van der Waals surface area contributed by atoms with Gasteiger partial charge in [0.25, 0.3) is 0 Å². The molecule has 0 radical (unpaired) electrons. The molecule has 134 valence electrons. The number of aryl methyl sites for hydroxylation is 2. The summed E-state index contributed by atoms with van der Waals surface area (Å²) in [6, 6.07) is 5.83. The minimum atomic E-state index is -0.0635. The Hall–Kier alpha value is -2.41. The average Bonchev–Trinajstić information content (AvgIpc) is 3.03. The van der Waals surface area contributed by atoms with Gasteiger partial charge in [-0.2, -0.15) is 4.98 Å². The van der Waals surface area contributed by atoms with Crippen molar-refractivity contribution >= 4 is 5.91 Å². The number of carbonyl (C=O) groups excluding carboxylic acids is 1. The summed E-state index contributed by atoms with van der Waals surface area (Å²) in [6.45, 7) is 5.81. The number of hydrogen-bond donors (Lipinski definition) is 0. The van der Waals surface area contributed by atoms with Gasteiger partial charge in [-0.3, -0.25) is 9.69 Å². The van der Waals surface area contributed by atoms with Crippen LogP contribution in [0.25, 0.3) is 0 Å². The molecule has 7 nitrogen and oxygen atoms in total. The Morgan fingerprint density at radius 1 is 1.36 bits per heavy atom. The van der Waals surface area contributed by atoms with Gasteiger partial charge in [-0.1, -0.05) is 17.3 Å². The maximum Gasteiger partial charge on any atom is 0.245 e. The number of ether oxygens (including phenoxy) is 1. The van der Waals surface area contributed by atoms with Gasteiger partial charge >= 0.3 is 0 Å². The topological polar surface area (TPSA) is 71.7 Å². The number of methoxy groups -OCH3 is 1. The van der Waals surface area contributed by atoms with Crippen molar-refractivity contribution in [1.82, 2.24) is 19.9 Å². The molecule has 1 aromatic heterocycles. The predicted molar refractivity (Wildman–Crippen MR) is 92.4 cm³/mol. The normalized spacial score (nSPS) is 18.4. The molecule has 2 aromatic rings. The van der Waals surface area contributed by atoms with Crippen LogP contribution in [0.2, 0.25) is 0 Å². The molecule has 0 spiro atoms. The standard InChI is InChI=1S/C18H24N4O3/c1-12-5-6-14(9-16(12)24-4)10-17(23)22-8-7-21(3)15(11-22)18-19-13(2)20-25-18/h5-6,9,15H,7-8,10-11H2,1-4H3. The van der Waals surface area contributed by atoms with Gasteiger partial charge in [0.05, 0.1) is 13.5 Å². The quantitative estimate of drug-likeness (QED) is 0.841. The Bertz CT molecular complexity index is 759. The fraction of sp³-hybridized carbons (Fsp3) is 0.500. The van der Waals surface area contributed by atoms with Crippen LogP contribution >= 0.6 is 0 Å². The monoisotopic (exact) mass is 344 g/mol. The Morgan fingerprint density at radius 3 is 2.84 bits per heavy atom. The lowest BCUT2D eigenvalue weighted by molar-refractivity contribution is -0.133. The fourth-order valence-corrected chi connectivity index (χ4v) is 3.08. The predicted octanol–water partition coefficient (Wildman–Crippen LogP) is 1.75. The molecule has 2 heterocycles. The van der Waals surface area contributed by atoms with Crippen molar-refractivity contribution in [2.24, 2.45) is 0 Å². The van der Waals surface area contributed by atoms with Crippen LogP contribution in [-0.4, -0.2) is 59.6 Å². The van der Waals surface area contributed by atoms with Gasteiger partial charge in [0.2, 0.25) is 11.8 Å². The third-order valence-electron chi connectivity index (χ3n) is 4.66. The van der Waals surface area contributed by atoms with Crippen LogP contribution in [0.5, 0.6) is 5.75 Å². The van der Waals surface area contributed by atoms with E-state index in [2.05, 4.69) is 15.0 Å². The minimum Gasteiger partial charge on any atom is -0.496 e. The van der Waals surface area contributed by atoms with E-state index in [9.17, 15) is 4.79 Å². The number of nitrogens with zero attached hydrogens (tertiary/aromatic N) is 4. The molecular weight excluding hydrogens is 320 g/mol. The minimum absolute atomic E-state index is 0.0635. The summed E-state index contributed by atoms with van der Waals surface area (Å²) in [5, 5.41) is 3.86. The molecule has 0 saturated carbocycles.